The molecule has 0 saturated carbocycles. The Hall–Kier alpha value is -1.29. The van der Waals surface area contributed by atoms with Crippen molar-refractivity contribution in [1.82, 2.24) is 4.98 Å². The maximum atomic E-state index is 12.1. The monoisotopic (exact) mass is 313 g/mol. The van der Waals surface area contributed by atoms with E-state index < -0.39 is 5.97 Å². The maximum absolute atomic E-state index is 12.1. The first-order valence-electron chi connectivity index (χ1n) is 7.60. The summed E-state index contributed by atoms with van der Waals surface area (Å²) in [6.45, 7) is 2.20. The third-order valence-corrected chi connectivity index (χ3v) is 3.91. The van der Waals surface area contributed by atoms with Crippen LogP contribution in [0.3, 0.4) is 0 Å². The Morgan fingerprint density at radius 1 is 1.14 bits per heavy atom. The number of esters is 1. The maximum Gasteiger partial charge on any atom is 0.356 e. The molecule has 0 atom stereocenters. The van der Waals surface area contributed by atoms with Crippen LogP contribution in [0.5, 0.6) is 0 Å². The Labute approximate surface area is 131 Å². The highest BCUT2D eigenvalue weighted by molar-refractivity contribution is 6.36. The fourth-order valence-electron chi connectivity index (χ4n) is 2.24. The number of H-pyrrole nitrogens is 1. The number of hydrogen-bond acceptors (Lipinski definition) is 3. The molecule has 0 unspecified atom stereocenters. The first-order valence-corrected chi connectivity index (χ1v) is 7.98. The van der Waals surface area contributed by atoms with Gasteiger partial charge in [0.05, 0.1) is 17.7 Å². The minimum Gasteiger partial charge on any atom is -0.464 e. The van der Waals surface area contributed by atoms with E-state index in [4.69, 9.17) is 11.6 Å². The van der Waals surface area contributed by atoms with Gasteiger partial charge in [-0.1, -0.05) is 57.0 Å². The minimum absolute atomic E-state index is 0.0278. The van der Waals surface area contributed by atoms with Crippen molar-refractivity contribution in [2.45, 2.75) is 58.3 Å². The number of halogens is 1. The number of aromatic nitrogens is 1. The summed E-state index contributed by atoms with van der Waals surface area (Å²) in [6, 6.07) is 0. The predicted molar refractivity (Wildman–Crippen MR) is 84.1 cm³/mol. The minimum atomic E-state index is -0.560. The van der Waals surface area contributed by atoms with Crippen molar-refractivity contribution >= 4 is 23.4 Å². The first-order chi connectivity index (χ1) is 10.1. The molecule has 1 aromatic rings. The van der Waals surface area contributed by atoms with Crippen LogP contribution in [0, 0.1) is 0 Å². The summed E-state index contributed by atoms with van der Waals surface area (Å²) >= 11 is 6.04. The largest absolute Gasteiger partial charge is 0.464 e. The second-order valence-corrected chi connectivity index (χ2v) is 5.56. The molecule has 4 nitrogen and oxygen atoms in total. The number of nitrogens with one attached hydrogen (secondary N) is 1. The van der Waals surface area contributed by atoms with Crippen LogP contribution in [0.15, 0.2) is 6.20 Å². The number of methoxy groups -OCH3 is 1. The molecule has 0 radical (unpaired) electrons. The lowest BCUT2D eigenvalue weighted by Crippen LogP contribution is -2.03. The van der Waals surface area contributed by atoms with Gasteiger partial charge in [-0.25, -0.2) is 4.79 Å². The zero-order valence-corrected chi connectivity index (χ0v) is 13.6. The molecule has 0 bridgehead atoms. The van der Waals surface area contributed by atoms with E-state index >= 15 is 0 Å². The predicted octanol–water partition coefficient (Wildman–Crippen LogP) is 4.78. The first kappa shape index (κ1) is 17.8. The molecule has 21 heavy (non-hydrogen) atoms. The Balaban J connectivity index is 2.36. The molecule has 1 N–H and O–H groups in total. The van der Waals surface area contributed by atoms with Crippen LogP contribution in [0.2, 0.25) is 5.02 Å². The zero-order chi connectivity index (χ0) is 15.7. The number of carbonyl (C=O) groups is 2. The smallest absolute Gasteiger partial charge is 0.356 e. The van der Waals surface area contributed by atoms with Gasteiger partial charge in [0.2, 0.25) is 0 Å². The van der Waals surface area contributed by atoms with Gasteiger partial charge in [0.25, 0.3) is 0 Å². The van der Waals surface area contributed by atoms with E-state index in [1.807, 2.05) is 0 Å². The molecule has 0 aliphatic heterocycles. The second kappa shape index (κ2) is 9.61. The summed E-state index contributed by atoms with van der Waals surface area (Å²) in [5, 5.41) is 0.162. The molecule has 0 aliphatic rings. The summed E-state index contributed by atoms with van der Waals surface area (Å²) < 4.78 is 4.59. The Bertz CT molecular complexity index is 468. The van der Waals surface area contributed by atoms with E-state index in [9.17, 15) is 9.59 Å². The Kier molecular flexibility index (Phi) is 8.13. The van der Waals surface area contributed by atoms with E-state index in [1.165, 1.54) is 45.4 Å². The van der Waals surface area contributed by atoms with Crippen LogP contribution < -0.4 is 0 Å². The van der Waals surface area contributed by atoms with E-state index in [-0.39, 0.29) is 16.5 Å². The van der Waals surface area contributed by atoms with Crippen molar-refractivity contribution in [3.8, 4) is 0 Å². The summed E-state index contributed by atoms with van der Waals surface area (Å²) in [5.74, 6) is -0.588. The number of hydrogen-bond donors (Lipinski definition) is 1. The summed E-state index contributed by atoms with van der Waals surface area (Å²) in [4.78, 5) is 26.2. The van der Waals surface area contributed by atoms with E-state index in [0.29, 0.717) is 12.0 Å². The van der Waals surface area contributed by atoms with Gasteiger partial charge >= 0.3 is 5.97 Å². The van der Waals surface area contributed by atoms with Gasteiger partial charge in [-0.3, -0.25) is 4.79 Å². The summed E-state index contributed by atoms with van der Waals surface area (Å²) in [6.07, 6.45) is 10.1. The SMILES string of the molecule is CCCCCCCCCC(=O)c1c[nH]c(C(=O)OC)c1Cl. The van der Waals surface area contributed by atoms with E-state index in [1.54, 1.807) is 0 Å². The van der Waals surface area contributed by atoms with Gasteiger partial charge in [-0.2, -0.15) is 0 Å². The Morgan fingerprint density at radius 2 is 1.76 bits per heavy atom. The topological polar surface area (TPSA) is 59.2 Å². The highest BCUT2D eigenvalue weighted by Crippen LogP contribution is 2.23. The normalized spacial score (nSPS) is 10.6. The molecule has 0 aromatic carbocycles. The van der Waals surface area contributed by atoms with Gasteiger partial charge < -0.3 is 9.72 Å². The third kappa shape index (κ3) is 5.54. The molecule has 118 valence electrons. The number of ether oxygens (including phenoxy) is 1. The molecule has 0 saturated heterocycles. The highest BCUT2D eigenvalue weighted by Gasteiger charge is 2.20. The Morgan fingerprint density at radius 3 is 2.38 bits per heavy atom. The summed E-state index contributed by atoms with van der Waals surface area (Å²) in [5.41, 5.74) is 0.519. The molecule has 5 heteroatoms. The fourth-order valence-corrected chi connectivity index (χ4v) is 2.53. The molecule has 0 amide bonds. The number of ketones is 1. The average Bonchev–Trinajstić information content (AvgIpc) is 2.87. The molecule has 1 aromatic heterocycles. The van der Waals surface area contributed by atoms with Crippen LogP contribution in [0.4, 0.5) is 0 Å². The van der Waals surface area contributed by atoms with Crippen molar-refractivity contribution in [2.75, 3.05) is 7.11 Å². The molecule has 1 rings (SSSR count). The molecule has 0 spiro atoms. The number of aromatic amines is 1. The van der Waals surface area contributed by atoms with Crippen molar-refractivity contribution in [2.24, 2.45) is 0 Å². The molecule has 0 fully saturated rings. The zero-order valence-electron chi connectivity index (χ0n) is 12.8. The fraction of sp³-hybridized carbons (Fsp3) is 0.625. The highest BCUT2D eigenvalue weighted by atomic mass is 35.5. The second-order valence-electron chi connectivity index (χ2n) is 5.18. The van der Waals surface area contributed by atoms with Crippen molar-refractivity contribution in [1.29, 1.82) is 0 Å². The van der Waals surface area contributed by atoms with Crippen LogP contribution in [0.25, 0.3) is 0 Å². The lowest BCUT2D eigenvalue weighted by molar-refractivity contribution is 0.0595. The number of unbranched alkanes of at least 4 members (excludes halogenated alkanes) is 6. The van der Waals surface area contributed by atoms with Gasteiger partial charge in [0.15, 0.2) is 5.78 Å². The molecule has 1 heterocycles. The summed E-state index contributed by atoms with van der Waals surface area (Å²) in [7, 11) is 1.28. The number of Topliss-reactive ketones (excluding diaryl/α,β-unsaturated/α-hetero) is 1. The molecular formula is C16H24ClNO3. The van der Waals surface area contributed by atoms with Crippen molar-refractivity contribution in [3.63, 3.8) is 0 Å². The lowest BCUT2D eigenvalue weighted by Gasteiger charge is -2.01. The van der Waals surface area contributed by atoms with Crippen LogP contribution in [-0.4, -0.2) is 23.8 Å². The van der Waals surface area contributed by atoms with Crippen molar-refractivity contribution in [3.05, 3.63) is 22.5 Å². The van der Waals surface area contributed by atoms with Crippen LogP contribution in [-0.2, 0) is 4.74 Å². The molecule has 0 aliphatic carbocycles. The van der Waals surface area contributed by atoms with E-state index in [0.717, 1.165) is 12.8 Å². The lowest BCUT2D eigenvalue weighted by atomic mass is 10.0. The van der Waals surface area contributed by atoms with Gasteiger partial charge in [0, 0.05) is 12.6 Å². The van der Waals surface area contributed by atoms with Gasteiger partial charge in [0.1, 0.15) is 5.69 Å². The van der Waals surface area contributed by atoms with Gasteiger partial charge in [-0.05, 0) is 6.42 Å². The van der Waals surface area contributed by atoms with Crippen molar-refractivity contribution < 1.29 is 14.3 Å². The third-order valence-electron chi connectivity index (χ3n) is 3.51. The van der Waals surface area contributed by atoms with Gasteiger partial charge in [-0.15, -0.1) is 0 Å². The number of rotatable bonds is 10. The van der Waals surface area contributed by atoms with Crippen LogP contribution >= 0.6 is 11.6 Å². The standard InChI is InChI=1S/C16H24ClNO3/c1-3-4-5-6-7-8-9-10-13(19)12-11-18-15(14(12)17)16(20)21-2/h11,18H,3-10H2,1-2H3. The average molecular weight is 314 g/mol. The molecular weight excluding hydrogens is 290 g/mol. The number of carbonyl (C=O) groups excluding carboxylic acids is 2. The van der Waals surface area contributed by atoms with Crippen LogP contribution in [0.1, 0.15) is 79.1 Å². The van der Waals surface area contributed by atoms with E-state index in [2.05, 4.69) is 16.6 Å². The quantitative estimate of drug-likeness (QED) is 0.384.